The van der Waals surface area contributed by atoms with Gasteiger partial charge in [-0.3, -0.25) is 4.79 Å². The number of likely N-dealkylation sites (tertiary alicyclic amines) is 1. The summed E-state index contributed by atoms with van der Waals surface area (Å²) >= 11 is 0. The minimum Gasteiger partial charge on any atom is -0.341 e. The van der Waals surface area contributed by atoms with Gasteiger partial charge in [0.15, 0.2) is 0 Å². The fraction of sp³-hybridized carbons (Fsp3) is 0.727. The van der Waals surface area contributed by atoms with Crippen molar-refractivity contribution < 1.29 is 4.79 Å². The number of nitrogens with zero attached hydrogens (tertiary/aromatic N) is 4. The lowest BCUT2D eigenvalue weighted by Gasteiger charge is -2.30. The lowest BCUT2D eigenvalue weighted by molar-refractivity contribution is -0.135. The van der Waals surface area contributed by atoms with E-state index in [9.17, 15) is 4.79 Å². The predicted octanol–water partition coefficient (Wildman–Crippen LogP) is 0.0100. The second-order valence-electron chi connectivity index (χ2n) is 4.32. The SMILES string of the molecule is CCCNCc1cn(CC(=O)N2CCC2)nn1. The molecule has 1 amide bonds. The number of nitrogens with one attached hydrogen (secondary N) is 1. The molecule has 0 atom stereocenters. The van der Waals surface area contributed by atoms with Gasteiger partial charge in [0, 0.05) is 19.6 Å². The zero-order chi connectivity index (χ0) is 12.1. The smallest absolute Gasteiger partial charge is 0.244 e. The minimum atomic E-state index is 0.134. The Morgan fingerprint density at radius 1 is 1.53 bits per heavy atom. The van der Waals surface area contributed by atoms with Gasteiger partial charge in [0.1, 0.15) is 6.54 Å². The van der Waals surface area contributed by atoms with Gasteiger partial charge in [-0.1, -0.05) is 12.1 Å². The molecule has 0 saturated carbocycles. The molecule has 0 bridgehead atoms. The number of carbonyl (C=O) groups is 1. The normalized spacial score (nSPS) is 14.8. The van der Waals surface area contributed by atoms with Crippen molar-refractivity contribution in [1.29, 1.82) is 0 Å². The Labute approximate surface area is 101 Å². The molecule has 1 aliphatic heterocycles. The van der Waals surface area contributed by atoms with Crippen LogP contribution in [0.4, 0.5) is 0 Å². The number of aromatic nitrogens is 3. The average Bonchev–Trinajstić information content (AvgIpc) is 2.63. The largest absolute Gasteiger partial charge is 0.341 e. The summed E-state index contributed by atoms with van der Waals surface area (Å²) in [5, 5.41) is 11.2. The van der Waals surface area contributed by atoms with Crippen LogP contribution in [0.1, 0.15) is 25.5 Å². The first-order valence-electron chi connectivity index (χ1n) is 6.17. The molecule has 1 aromatic heterocycles. The molecule has 2 heterocycles. The molecular weight excluding hydrogens is 218 g/mol. The van der Waals surface area contributed by atoms with Crippen LogP contribution in [-0.2, 0) is 17.9 Å². The minimum absolute atomic E-state index is 0.134. The standard InChI is InChI=1S/C11H19N5O/c1-2-4-12-7-10-8-16(14-13-10)9-11(17)15-5-3-6-15/h8,12H,2-7,9H2,1H3. The number of amides is 1. The highest BCUT2D eigenvalue weighted by molar-refractivity contribution is 5.76. The molecule has 6 nitrogen and oxygen atoms in total. The van der Waals surface area contributed by atoms with E-state index in [4.69, 9.17) is 0 Å². The molecule has 1 N–H and O–H groups in total. The van der Waals surface area contributed by atoms with E-state index >= 15 is 0 Å². The maximum Gasteiger partial charge on any atom is 0.244 e. The summed E-state index contributed by atoms with van der Waals surface area (Å²) in [7, 11) is 0. The molecule has 2 rings (SSSR count). The molecule has 0 aliphatic carbocycles. The Bertz CT molecular complexity index is 372. The van der Waals surface area contributed by atoms with E-state index in [2.05, 4.69) is 22.6 Å². The molecule has 0 spiro atoms. The molecule has 1 fully saturated rings. The average molecular weight is 237 g/mol. The van der Waals surface area contributed by atoms with Crippen LogP contribution in [0.3, 0.4) is 0 Å². The van der Waals surface area contributed by atoms with Gasteiger partial charge >= 0.3 is 0 Å². The van der Waals surface area contributed by atoms with Crippen molar-refractivity contribution in [1.82, 2.24) is 25.2 Å². The van der Waals surface area contributed by atoms with E-state index in [1.165, 1.54) is 0 Å². The van der Waals surface area contributed by atoms with Gasteiger partial charge in [-0.2, -0.15) is 0 Å². The van der Waals surface area contributed by atoms with Gasteiger partial charge < -0.3 is 10.2 Å². The summed E-state index contributed by atoms with van der Waals surface area (Å²) in [5.74, 6) is 0.134. The van der Waals surface area contributed by atoms with Crippen LogP contribution >= 0.6 is 0 Å². The van der Waals surface area contributed by atoms with Gasteiger partial charge in [-0.25, -0.2) is 4.68 Å². The van der Waals surface area contributed by atoms with Gasteiger partial charge in [0.2, 0.25) is 5.91 Å². The van der Waals surface area contributed by atoms with Crippen molar-refractivity contribution in [2.75, 3.05) is 19.6 Å². The van der Waals surface area contributed by atoms with Gasteiger partial charge in [0.05, 0.1) is 11.9 Å². The van der Waals surface area contributed by atoms with Crippen LogP contribution in [-0.4, -0.2) is 45.4 Å². The molecular formula is C11H19N5O. The highest BCUT2D eigenvalue weighted by atomic mass is 16.2. The number of carbonyl (C=O) groups excluding carboxylic acids is 1. The summed E-state index contributed by atoms with van der Waals surface area (Å²) < 4.78 is 1.61. The van der Waals surface area contributed by atoms with E-state index < -0.39 is 0 Å². The van der Waals surface area contributed by atoms with Crippen LogP contribution in [0.15, 0.2) is 6.20 Å². The monoisotopic (exact) mass is 237 g/mol. The molecule has 6 heteroatoms. The van der Waals surface area contributed by atoms with Crippen molar-refractivity contribution >= 4 is 5.91 Å². The van der Waals surface area contributed by atoms with Gasteiger partial charge in [-0.05, 0) is 19.4 Å². The van der Waals surface area contributed by atoms with Crippen LogP contribution in [0.2, 0.25) is 0 Å². The Balaban J connectivity index is 1.78. The zero-order valence-corrected chi connectivity index (χ0v) is 10.2. The molecule has 94 valence electrons. The van der Waals surface area contributed by atoms with E-state index in [0.29, 0.717) is 13.1 Å². The molecule has 0 aromatic carbocycles. The number of rotatable bonds is 6. The Kier molecular flexibility index (Phi) is 4.08. The maximum absolute atomic E-state index is 11.7. The third-order valence-corrected chi connectivity index (χ3v) is 2.83. The summed E-state index contributed by atoms with van der Waals surface area (Å²) in [6.07, 6.45) is 4.05. The third-order valence-electron chi connectivity index (χ3n) is 2.83. The molecule has 0 radical (unpaired) electrons. The Morgan fingerprint density at radius 2 is 2.35 bits per heavy atom. The topological polar surface area (TPSA) is 63.1 Å². The molecule has 1 aliphatic rings. The highest BCUT2D eigenvalue weighted by Crippen LogP contribution is 2.06. The van der Waals surface area contributed by atoms with E-state index in [1.807, 2.05) is 11.1 Å². The molecule has 1 saturated heterocycles. The summed E-state index contributed by atoms with van der Waals surface area (Å²) in [4.78, 5) is 13.5. The number of hydrogen-bond acceptors (Lipinski definition) is 4. The molecule has 17 heavy (non-hydrogen) atoms. The fourth-order valence-electron chi connectivity index (χ4n) is 1.69. The lowest BCUT2D eigenvalue weighted by atomic mass is 10.2. The summed E-state index contributed by atoms with van der Waals surface area (Å²) in [6.45, 7) is 5.89. The second-order valence-corrected chi connectivity index (χ2v) is 4.32. The van der Waals surface area contributed by atoms with Crippen molar-refractivity contribution in [2.45, 2.75) is 32.9 Å². The van der Waals surface area contributed by atoms with Crippen LogP contribution in [0.5, 0.6) is 0 Å². The Morgan fingerprint density at radius 3 is 3.00 bits per heavy atom. The first-order chi connectivity index (χ1) is 8.29. The summed E-state index contributed by atoms with van der Waals surface area (Å²) in [6, 6.07) is 0. The zero-order valence-electron chi connectivity index (χ0n) is 10.2. The second kappa shape index (κ2) is 5.77. The third kappa shape index (κ3) is 3.26. The molecule has 1 aromatic rings. The quantitative estimate of drug-likeness (QED) is 0.708. The highest BCUT2D eigenvalue weighted by Gasteiger charge is 2.20. The maximum atomic E-state index is 11.7. The lowest BCUT2D eigenvalue weighted by Crippen LogP contribution is -2.43. The van der Waals surface area contributed by atoms with Crippen molar-refractivity contribution in [3.05, 3.63) is 11.9 Å². The van der Waals surface area contributed by atoms with Gasteiger partial charge in [0.25, 0.3) is 0 Å². The van der Waals surface area contributed by atoms with E-state index in [1.54, 1.807) is 4.68 Å². The van der Waals surface area contributed by atoms with Crippen LogP contribution in [0, 0.1) is 0 Å². The first kappa shape index (κ1) is 12.0. The van der Waals surface area contributed by atoms with Crippen LogP contribution < -0.4 is 5.32 Å². The van der Waals surface area contributed by atoms with E-state index in [-0.39, 0.29) is 5.91 Å². The van der Waals surface area contributed by atoms with Crippen molar-refractivity contribution in [3.63, 3.8) is 0 Å². The Hall–Kier alpha value is -1.43. The number of hydrogen-bond donors (Lipinski definition) is 1. The summed E-state index contributed by atoms with van der Waals surface area (Å²) in [5.41, 5.74) is 0.884. The predicted molar refractivity (Wildman–Crippen MR) is 63.2 cm³/mol. The fourth-order valence-corrected chi connectivity index (χ4v) is 1.69. The van der Waals surface area contributed by atoms with Gasteiger partial charge in [-0.15, -0.1) is 5.10 Å². The first-order valence-corrected chi connectivity index (χ1v) is 6.17. The van der Waals surface area contributed by atoms with Crippen LogP contribution in [0.25, 0.3) is 0 Å². The van der Waals surface area contributed by atoms with Crippen molar-refractivity contribution in [3.8, 4) is 0 Å². The van der Waals surface area contributed by atoms with E-state index in [0.717, 1.165) is 38.2 Å². The van der Waals surface area contributed by atoms with Crippen molar-refractivity contribution in [2.24, 2.45) is 0 Å². The molecule has 0 unspecified atom stereocenters.